The lowest BCUT2D eigenvalue weighted by Gasteiger charge is -2.31. The number of Topliss-reactive ketones (excluding diaryl/α,β-unsaturated/α-hetero) is 1. The molecule has 0 unspecified atom stereocenters. The molecular weight excluding hydrogens is 414 g/mol. The minimum atomic E-state index is -3.61. The molecule has 1 saturated heterocycles. The fraction of sp³-hybridized carbons (Fsp3) is 0.391. The van der Waals surface area contributed by atoms with Crippen LogP contribution in [0.1, 0.15) is 35.7 Å². The van der Waals surface area contributed by atoms with E-state index in [0.29, 0.717) is 37.4 Å². The first kappa shape index (κ1) is 23.1. The third-order valence-electron chi connectivity index (χ3n) is 5.48. The van der Waals surface area contributed by atoms with Crippen molar-refractivity contribution in [1.82, 2.24) is 9.21 Å². The molecule has 1 heterocycles. The maximum absolute atomic E-state index is 12.9. The third-order valence-corrected chi connectivity index (χ3v) is 7.38. The number of rotatable bonds is 8. The van der Waals surface area contributed by atoms with E-state index in [4.69, 9.17) is 0 Å². The molecule has 0 saturated carbocycles. The van der Waals surface area contributed by atoms with Gasteiger partial charge in [-0.1, -0.05) is 37.3 Å². The molecule has 2 aromatic rings. The Kier molecular flexibility index (Phi) is 7.59. The minimum Gasteiger partial charge on any atom is -0.326 e. The highest BCUT2D eigenvalue weighted by molar-refractivity contribution is 7.89. The van der Waals surface area contributed by atoms with Crippen molar-refractivity contribution < 1.29 is 18.0 Å². The number of carbonyl (C=O) groups excluding carboxylic acids is 2. The number of hydrogen-bond acceptors (Lipinski definition) is 5. The molecule has 0 aromatic heterocycles. The number of aryl methyl sites for hydroxylation is 1. The summed E-state index contributed by atoms with van der Waals surface area (Å²) in [6.07, 6.45) is 1.03. The number of carbonyl (C=O) groups is 2. The lowest BCUT2D eigenvalue weighted by Crippen LogP contribution is -2.47. The first-order valence-corrected chi connectivity index (χ1v) is 11.9. The van der Waals surface area contributed by atoms with Crippen molar-refractivity contribution in [2.45, 2.75) is 31.1 Å². The Morgan fingerprint density at radius 1 is 0.968 bits per heavy atom. The largest absolute Gasteiger partial charge is 0.326 e. The summed E-state index contributed by atoms with van der Waals surface area (Å²) in [6.45, 7) is 4.30. The Morgan fingerprint density at radius 3 is 2.29 bits per heavy atom. The molecule has 166 valence electrons. The van der Waals surface area contributed by atoms with Crippen molar-refractivity contribution >= 4 is 27.4 Å². The van der Waals surface area contributed by atoms with Crippen molar-refractivity contribution in [2.24, 2.45) is 0 Å². The molecule has 1 fully saturated rings. The fourth-order valence-corrected chi connectivity index (χ4v) is 4.90. The summed E-state index contributed by atoms with van der Waals surface area (Å²) in [5, 5.41) is 2.71. The van der Waals surface area contributed by atoms with Crippen LogP contribution in [-0.2, 0) is 21.2 Å². The third kappa shape index (κ3) is 6.00. The van der Waals surface area contributed by atoms with E-state index < -0.39 is 10.0 Å². The zero-order valence-electron chi connectivity index (χ0n) is 18.0. The maximum atomic E-state index is 12.9. The molecular formula is C23H29N3O4S. The predicted molar refractivity (Wildman–Crippen MR) is 121 cm³/mol. The van der Waals surface area contributed by atoms with Gasteiger partial charge >= 0.3 is 0 Å². The number of hydrogen-bond donors (Lipinski definition) is 1. The highest BCUT2D eigenvalue weighted by Crippen LogP contribution is 2.21. The van der Waals surface area contributed by atoms with E-state index in [0.717, 1.165) is 12.0 Å². The number of benzene rings is 2. The Balaban J connectivity index is 1.58. The van der Waals surface area contributed by atoms with Gasteiger partial charge in [0.05, 0.1) is 4.90 Å². The normalized spacial score (nSPS) is 15.5. The Hall–Kier alpha value is -2.55. The van der Waals surface area contributed by atoms with Crippen molar-refractivity contribution in [3.05, 3.63) is 59.7 Å². The summed E-state index contributed by atoms with van der Waals surface area (Å²) in [6, 6.07) is 13.7. The van der Waals surface area contributed by atoms with Crippen molar-refractivity contribution in [2.75, 3.05) is 38.5 Å². The van der Waals surface area contributed by atoms with Gasteiger partial charge in [-0.2, -0.15) is 4.31 Å². The predicted octanol–water partition coefficient (Wildman–Crippen LogP) is 2.79. The van der Waals surface area contributed by atoms with Crippen LogP contribution < -0.4 is 5.32 Å². The summed E-state index contributed by atoms with van der Waals surface area (Å²) in [4.78, 5) is 26.9. The van der Waals surface area contributed by atoms with E-state index in [2.05, 4.69) is 10.2 Å². The number of amides is 1. The second-order valence-electron chi connectivity index (χ2n) is 7.76. The number of anilines is 1. The van der Waals surface area contributed by atoms with E-state index >= 15 is 0 Å². The highest BCUT2D eigenvalue weighted by atomic mass is 32.2. The van der Waals surface area contributed by atoms with Crippen LogP contribution in [0.15, 0.2) is 53.4 Å². The molecule has 1 aliphatic heterocycles. The second-order valence-corrected chi connectivity index (χ2v) is 9.69. The van der Waals surface area contributed by atoms with Gasteiger partial charge in [0.15, 0.2) is 5.78 Å². The van der Waals surface area contributed by atoms with Crippen LogP contribution in [0.5, 0.6) is 0 Å². The molecule has 0 spiro atoms. The van der Waals surface area contributed by atoms with E-state index in [-0.39, 0.29) is 29.4 Å². The molecule has 0 bridgehead atoms. The number of ketones is 1. The lowest BCUT2D eigenvalue weighted by atomic mass is 10.0. The molecule has 0 radical (unpaired) electrons. The van der Waals surface area contributed by atoms with Gasteiger partial charge in [-0.15, -0.1) is 0 Å². The summed E-state index contributed by atoms with van der Waals surface area (Å²) < 4.78 is 27.3. The van der Waals surface area contributed by atoms with Crippen LogP contribution in [0.25, 0.3) is 0 Å². The van der Waals surface area contributed by atoms with Crippen molar-refractivity contribution in [3.8, 4) is 0 Å². The number of sulfonamides is 1. The fourth-order valence-electron chi connectivity index (χ4n) is 3.43. The van der Waals surface area contributed by atoms with Gasteiger partial charge in [0.1, 0.15) is 0 Å². The second kappa shape index (κ2) is 10.2. The molecule has 31 heavy (non-hydrogen) atoms. The molecule has 3 rings (SSSR count). The molecule has 1 aliphatic rings. The smallest absolute Gasteiger partial charge is 0.243 e. The molecule has 8 heteroatoms. The van der Waals surface area contributed by atoms with Crippen molar-refractivity contribution in [1.29, 1.82) is 0 Å². The van der Waals surface area contributed by atoms with E-state index in [1.54, 1.807) is 24.3 Å². The quantitative estimate of drug-likeness (QED) is 0.634. The van der Waals surface area contributed by atoms with Gasteiger partial charge in [0.2, 0.25) is 15.9 Å². The Morgan fingerprint density at radius 2 is 1.65 bits per heavy atom. The maximum Gasteiger partial charge on any atom is 0.243 e. The van der Waals surface area contributed by atoms with Gasteiger partial charge in [-0.05, 0) is 37.2 Å². The summed E-state index contributed by atoms with van der Waals surface area (Å²) in [5.41, 5.74) is 2.14. The van der Waals surface area contributed by atoms with Crippen LogP contribution in [0, 0.1) is 0 Å². The van der Waals surface area contributed by atoms with Gasteiger partial charge in [-0.25, -0.2) is 8.42 Å². The first-order valence-electron chi connectivity index (χ1n) is 10.5. The van der Waals surface area contributed by atoms with Gasteiger partial charge in [-0.3, -0.25) is 9.59 Å². The summed E-state index contributed by atoms with van der Waals surface area (Å²) >= 11 is 0. The zero-order valence-corrected chi connectivity index (χ0v) is 18.8. The van der Waals surface area contributed by atoms with Gasteiger partial charge < -0.3 is 10.2 Å². The van der Waals surface area contributed by atoms with Crippen LogP contribution >= 0.6 is 0 Å². The molecule has 0 atom stereocenters. The SMILES string of the molecule is CCc1ccc(C(=O)CCC(=O)Nc2cccc(S(=O)(=O)N3CCN(C)CC3)c2)cc1. The van der Waals surface area contributed by atoms with E-state index in [1.807, 2.05) is 26.1 Å². The summed E-state index contributed by atoms with van der Waals surface area (Å²) in [5.74, 6) is -0.420. The lowest BCUT2D eigenvalue weighted by molar-refractivity contribution is -0.116. The molecule has 2 aromatic carbocycles. The zero-order chi connectivity index (χ0) is 22.4. The Labute approximate surface area is 184 Å². The highest BCUT2D eigenvalue weighted by Gasteiger charge is 2.27. The first-order chi connectivity index (χ1) is 14.8. The average Bonchev–Trinajstić information content (AvgIpc) is 2.78. The standard InChI is InChI=1S/C23H29N3O4S/c1-3-18-7-9-19(10-8-18)22(27)11-12-23(28)24-20-5-4-6-21(17-20)31(29,30)26-15-13-25(2)14-16-26/h4-10,17H,3,11-16H2,1-2H3,(H,24,28). The van der Waals surface area contributed by atoms with E-state index in [1.165, 1.54) is 16.4 Å². The molecule has 0 aliphatic carbocycles. The number of nitrogens with one attached hydrogen (secondary N) is 1. The van der Waals surface area contributed by atoms with E-state index in [9.17, 15) is 18.0 Å². The number of piperazine rings is 1. The number of likely N-dealkylation sites (N-methyl/N-ethyl adjacent to an activating group) is 1. The molecule has 7 nitrogen and oxygen atoms in total. The molecule has 1 N–H and O–H groups in total. The topological polar surface area (TPSA) is 86.8 Å². The van der Waals surface area contributed by atoms with Crippen LogP contribution in [0.4, 0.5) is 5.69 Å². The van der Waals surface area contributed by atoms with Gasteiger partial charge in [0.25, 0.3) is 0 Å². The minimum absolute atomic E-state index is 0.0315. The monoisotopic (exact) mass is 443 g/mol. The van der Waals surface area contributed by atoms with Crippen LogP contribution in [-0.4, -0.2) is 62.5 Å². The van der Waals surface area contributed by atoms with Crippen LogP contribution in [0.2, 0.25) is 0 Å². The average molecular weight is 444 g/mol. The van der Waals surface area contributed by atoms with Crippen molar-refractivity contribution in [3.63, 3.8) is 0 Å². The number of nitrogens with zero attached hydrogens (tertiary/aromatic N) is 2. The van der Waals surface area contributed by atoms with Gasteiger partial charge in [0, 0.05) is 50.3 Å². The Bertz CT molecular complexity index is 1030. The summed E-state index contributed by atoms with van der Waals surface area (Å²) in [7, 11) is -1.65. The molecule has 1 amide bonds. The van der Waals surface area contributed by atoms with Crippen LogP contribution in [0.3, 0.4) is 0 Å².